The molecule has 1 aromatic heterocycles. The van der Waals surface area contributed by atoms with Gasteiger partial charge in [0.2, 0.25) is 0 Å². The van der Waals surface area contributed by atoms with Crippen LogP contribution >= 0.6 is 15.9 Å². The summed E-state index contributed by atoms with van der Waals surface area (Å²) in [6.45, 7) is 3.19. The van der Waals surface area contributed by atoms with E-state index in [4.69, 9.17) is 0 Å². The van der Waals surface area contributed by atoms with Crippen molar-refractivity contribution < 1.29 is 0 Å². The summed E-state index contributed by atoms with van der Waals surface area (Å²) in [6, 6.07) is 2.95. The van der Waals surface area contributed by atoms with Gasteiger partial charge in [0.05, 0.1) is 0 Å². The molecule has 0 aromatic carbocycles. The third-order valence-corrected chi connectivity index (χ3v) is 3.11. The smallest absolute Gasteiger partial charge is 0.0382 e. The largest absolute Gasteiger partial charge is 0.363 e. The average Bonchev–Trinajstić information content (AvgIpc) is 2.91. The van der Waals surface area contributed by atoms with Crippen LogP contribution in [-0.2, 0) is 6.54 Å². The normalized spacial score (nSPS) is 16.2. The first-order chi connectivity index (χ1) is 7.24. The van der Waals surface area contributed by atoms with Crippen molar-refractivity contribution in [3.8, 4) is 0 Å². The molecule has 15 heavy (non-hydrogen) atoms. The maximum Gasteiger partial charge on any atom is 0.0382 e. The minimum absolute atomic E-state index is 0.818. The van der Waals surface area contributed by atoms with E-state index in [2.05, 4.69) is 44.2 Å². The zero-order valence-corrected chi connectivity index (χ0v) is 10.7. The van der Waals surface area contributed by atoms with Gasteiger partial charge in [0.15, 0.2) is 0 Å². The lowest BCUT2D eigenvalue weighted by atomic mass is 10.4. The summed E-state index contributed by atoms with van der Waals surface area (Å²) in [5.41, 5.74) is 1.26. The summed E-state index contributed by atoms with van der Waals surface area (Å²) in [6.07, 6.45) is 4.71. The number of halogens is 1. The van der Waals surface area contributed by atoms with Gasteiger partial charge in [-0.2, -0.15) is 0 Å². The fraction of sp³-hybridized carbons (Fsp3) is 0.636. The molecule has 2 N–H and O–H groups in total. The van der Waals surface area contributed by atoms with Crippen LogP contribution in [0.2, 0.25) is 0 Å². The van der Waals surface area contributed by atoms with E-state index in [1.165, 1.54) is 18.5 Å². The molecule has 0 atom stereocenters. The number of nitrogens with zero attached hydrogens (tertiary/aromatic N) is 1. The van der Waals surface area contributed by atoms with Crippen molar-refractivity contribution in [1.29, 1.82) is 0 Å². The second kappa shape index (κ2) is 5.14. The minimum Gasteiger partial charge on any atom is -0.363 e. The van der Waals surface area contributed by atoms with E-state index in [1.807, 2.05) is 6.20 Å². The highest BCUT2D eigenvalue weighted by molar-refractivity contribution is 9.10. The molecule has 1 aliphatic rings. The Labute approximate surface area is 99.4 Å². The highest BCUT2D eigenvalue weighted by Crippen LogP contribution is 2.18. The molecule has 1 heterocycles. The first-order valence-corrected chi connectivity index (χ1v) is 6.28. The van der Waals surface area contributed by atoms with Crippen LogP contribution in [0.1, 0.15) is 18.5 Å². The lowest BCUT2D eigenvalue weighted by molar-refractivity contribution is 0.321. The molecule has 4 heteroatoms. The average molecular weight is 272 g/mol. The van der Waals surface area contributed by atoms with Crippen molar-refractivity contribution in [2.24, 2.45) is 0 Å². The van der Waals surface area contributed by atoms with E-state index in [0.717, 1.165) is 30.1 Å². The molecular formula is C11H18BrN3. The van der Waals surface area contributed by atoms with Crippen LogP contribution in [-0.4, -0.2) is 36.1 Å². The Morgan fingerprint density at radius 2 is 2.40 bits per heavy atom. The summed E-state index contributed by atoms with van der Waals surface area (Å²) in [5.74, 6) is 0. The summed E-state index contributed by atoms with van der Waals surface area (Å²) >= 11 is 3.44. The summed E-state index contributed by atoms with van der Waals surface area (Å²) in [5, 5.41) is 3.52. The van der Waals surface area contributed by atoms with Crippen LogP contribution in [0, 0.1) is 0 Å². The number of likely N-dealkylation sites (N-methyl/N-ethyl adjacent to an activating group) is 1. The van der Waals surface area contributed by atoms with E-state index in [-0.39, 0.29) is 0 Å². The Morgan fingerprint density at radius 3 is 3.00 bits per heavy atom. The Kier molecular flexibility index (Phi) is 3.83. The van der Waals surface area contributed by atoms with Crippen LogP contribution in [0.25, 0.3) is 0 Å². The predicted octanol–water partition coefficient (Wildman–Crippen LogP) is 1.96. The van der Waals surface area contributed by atoms with Gasteiger partial charge < -0.3 is 10.3 Å². The number of aromatic amines is 1. The fourth-order valence-electron chi connectivity index (χ4n) is 1.62. The van der Waals surface area contributed by atoms with Gasteiger partial charge in [0.25, 0.3) is 0 Å². The van der Waals surface area contributed by atoms with E-state index >= 15 is 0 Å². The molecule has 0 unspecified atom stereocenters. The van der Waals surface area contributed by atoms with Crippen LogP contribution in [0.3, 0.4) is 0 Å². The van der Waals surface area contributed by atoms with Crippen molar-refractivity contribution in [2.75, 3.05) is 20.1 Å². The summed E-state index contributed by atoms with van der Waals surface area (Å²) < 4.78 is 1.13. The molecule has 1 fully saturated rings. The van der Waals surface area contributed by atoms with Gasteiger partial charge in [-0.05, 0) is 41.9 Å². The van der Waals surface area contributed by atoms with Crippen molar-refractivity contribution in [1.82, 2.24) is 15.2 Å². The van der Waals surface area contributed by atoms with Crippen LogP contribution in [0.15, 0.2) is 16.7 Å². The quantitative estimate of drug-likeness (QED) is 0.829. The molecule has 0 aliphatic heterocycles. The topological polar surface area (TPSA) is 31.1 Å². The molecular weight excluding hydrogens is 254 g/mol. The Bertz CT molecular complexity index is 307. The first kappa shape index (κ1) is 11.2. The SMILES string of the molecule is CN(CCNC1CC1)Cc1cc(Br)c[nH]1. The third-order valence-electron chi connectivity index (χ3n) is 2.65. The molecule has 0 amide bonds. The highest BCUT2D eigenvalue weighted by Gasteiger charge is 2.19. The molecule has 1 aliphatic carbocycles. The predicted molar refractivity (Wildman–Crippen MR) is 65.9 cm³/mol. The number of nitrogens with one attached hydrogen (secondary N) is 2. The number of hydrogen-bond donors (Lipinski definition) is 2. The van der Waals surface area contributed by atoms with Crippen molar-refractivity contribution >= 4 is 15.9 Å². The van der Waals surface area contributed by atoms with Gasteiger partial charge in [0.1, 0.15) is 0 Å². The van der Waals surface area contributed by atoms with Crippen molar-refractivity contribution in [3.05, 3.63) is 22.4 Å². The van der Waals surface area contributed by atoms with Crippen LogP contribution in [0.5, 0.6) is 0 Å². The Hall–Kier alpha value is -0.320. The Balaban J connectivity index is 1.64. The molecule has 0 saturated heterocycles. The summed E-state index contributed by atoms with van der Waals surface area (Å²) in [4.78, 5) is 5.57. The molecule has 0 radical (unpaired) electrons. The zero-order chi connectivity index (χ0) is 10.7. The van der Waals surface area contributed by atoms with Gasteiger partial charge in [-0.3, -0.25) is 4.90 Å². The third kappa shape index (κ3) is 3.97. The van der Waals surface area contributed by atoms with Gasteiger partial charge >= 0.3 is 0 Å². The molecule has 84 valence electrons. The second-order valence-electron chi connectivity index (χ2n) is 4.31. The first-order valence-electron chi connectivity index (χ1n) is 5.49. The number of hydrogen-bond acceptors (Lipinski definition) is 2. The maximum absolute atomic E-state index is 3.52. The number of aromatic nitrogens is 1. The highest BCUT2D eigenvalue weighted by atomic mass is 79.9. The molecule has 1 saturated carbocycles. The van der Waals surface area contributed by atoms with Crippen LogP contribution in [0.4, 0.5) is 0 Å². The van der Waals surface area contributed by atoms with Crippen LogP contribution < -0.4 is 5.32 Å². The van der Waals surface area contributed by atoms with E-state index < -0.39 is 0 Å². The molecule has 1 aromatic rings. The van der Waals surface area contributed by atoms with E-state index in [0.29, 0.717) is 0 Å². The maximum atomic E-state index is 3.52. The van der Waals surface area contributed by atoms with Gasteiger partial charge in [-0.1, -0.05) is 0 Å². The summed E-state index contributed by atoms with van der Waals surface area (Å²) in [7, 11) is 2.16. The van der Waals surface area contributed by atoms with E-state index in [1.54, 1.807) is 0 Å². The molecule has 3 nitrogen and oxygen atoms in total. The van der Waals surface area contributed by atoms with Gasteiger partial charge in [0, 0.05) is 42.0 Å². The lowest BCUT2D eigenvalue weighted by Crippen LogP contribution is -2.30. The lowest BCUT2D eigenvalue weighted by Gasteiger charge is -2.15. The van der Waals surface area contributed by atoms with E-state index in [9.17, 15) is 0 Å². The molecule has 2 rings (SSSR count). The van der Waals surface area contributed by atoms with Gasteiger partial charge in [-0.15, -0.1) is 0 Å². The number of H-pyrrole nitrogens is 1. The molecule has 0 spiro atoms. The standard InChI is InChI=1S/C11H18BrN3/c1-15(5-4-13-10-2-3-10)8-11-6-9(12)7-14-11/h6-7,10,13-14H,2-5,8H2,1H3. The fourth-order valence-corrected chi connectivity index (χ4v) is 2.01. The zero-order valence-electron chi connectivity index (χ0n) is 9.09. The monoisotopic (exact) mass is 271 g/mol. The molecule has 0 bridgehead atoms. The minimum atomic E-state index is 0.818. The van der Waals surface area contributed by atoms with Gasteiger partial charge in [-0.25, -0.2) is 0 Å². The number of rotatable bonds is 6. The van der Waals surface area contributed by atoms with Crippen molar-refractivity contribution in [3.63, 3.8) is 0 Å². The van der Waals surface area contributed by atoms with Crippen molar-refractivity contribution in [2.45, 2.75) is 25.4 Å². The Morgan fingerprint density at radius 1 is 1.60 bits per heavy atom. The second-order valence-corrected chi connectivity index (χ2v) is 5.22.